The fraction of sp³-hybridized carbons (Fsp3) is 0.231. The van der Waals surface area contributed by atoms with E-state index >= 15 is 0 Å². The van der Waals surface area contributed by atoms with Crippen molar-refractivity contribution in [3.8, 4) is 11.4 Å². The number of hydrogen-bond donors (Lipinski definition) is 1. The molecule has 1 N–H and O–H groups in total. The maximum Gasteiger partial charge on any atom is 0.251 e. The summed E-state index contributed by atoms with van der Waals surface area (Å²) in [6.45, 7) is 4.29. The molecule has 2 aromatic heterocycles. The summed E-state index contributed by atoms with van der Waals surface area (Å²) in [7, 11) is 0. The van der Waals surface area contributed by atoms with E-state index in [1.54, 1.807) is 0 Å². The van der Waals surface area contributed by atoms with Gasteiger partial charge in [0.2, 0.25) is 0 Å². The number of H-pyrrole nitrogens is 1. The largest absolute Gasteiger partial charge is 0.274 e. The molecule has 2 heterocycles. The maximum atomic E-state index is 4.48. The number of imidazole rings is 1. The van der Waals surface area contributed by atoms with Crippen LogP contribution in [-0.2, 0) is 0 Å². The Morgan fingerprint density at radius 3 is 2.65 bits per heavy atom. The van der Waals surface area contributed by atoms with E-state index in [-0.39, 0.29) is 0 Å². The fourth-order valence-electron chi connectivity index (χ4n) is 1.91. The third-order valence-corrected chi connectivity index (χ3v) is 2.84. The lowest BCUT2D eigenvalue weighted by Crippen LogP contribution is -1.95. The number of benzene rings is 1. The Bertz CT molecular complexity index is 634. The van der Waals surface area contributed by atoms with Crippen molar-refractivity contribution >= 4 is 5.78 Å². The van der Waals surface area contributed by atoms with E-state index in [1.807, 2.05) is 41.0 Å². The second-order valence-corrected chi connectivity index (χ2v) is 4.41. The minimum atomic E-state index is 0.425. The van der Waals surface area contributed by atoms with Crippen LogP contribution in [0.15, 0.2) is 36.5 Å². The number of hydrogen-bond acceptors (Lipinski definition) is 2. The Balaban J connectivity index is 2.15. The van der Waals surface area contributed by atoms with Crippen LogP contribution in [0.4, 0.5) is 0 Å². The van der Waals surface area contributed by atoms with Crippen LogP contribution in [0.1, 0.15) is 25.5 Å². The molecule has 1 aromatic carbocycles. The van der Waals surface area contributed by atoms with Crippen molar-refractivity contribution in [2.45, 2.75) is 19.8 Å². The summed E-state index contributed by atoms with van der Waals surface area (Å²) >= 11 is 0. The van der Waals surface area contributed by atoms with Gasteiger partial charge in [0, 0.05) is 5.56 Å². The van der Waals surface area contributed by atoms with Crippen LogP contribution >= 0.6 is 0 Å². The molecule has 0 saturated carbocycles. The number of nitrogens with one attached hydrogen (secondary N) is 1. The van der Waals surface area contributed by atoms with E-state index in [4.69, 9.17) is 0 Å². The Morgan fingerprint density at radius 1 is 1.18 bits per heavy atom. The van der Waals surface area contributed by atoms with Gasteiger partial charge in [0.1, 0.15) is 0 Å². The lowest BCUT2D eigenvalue weighted by atomic mass is 10.2. The Kier molecular flexibility index (Phi) is 2.21. The topological polar surface area (TPSA) is 46.0 Å². The highest BCUT2D eigenvalue weighted by molar-refractivity contribution is 5.56. The van der Waals surface area contributed by atoms with Crippen LogP contribution in [0, 0.1) is 0 Å². The van der Waals surface area contributed by atoms with Crippen molar-refractivity contribution in [3.05, 3.63) is 42.2 Å². The zero-order valence-electron chi connectivity index (χ0n) is 9.88. The zero-order chi connectivity index (χ0) is 11.8. The summed E-state index contributed by atoms with van der Waals surface area (Å²) in [6, 6.07) is 10.1. The number of aromatic amines is 1. The Labute approximate surface area is 99.3 Å². The molecule has 0 atom stereocenters. The molecular weight excluding hydrogens is 212 g/mol. The van der Waals surface area contributed by atoms with Gasteiger partial charge in [-0.25, -0.2) is 9.50 Å². The minimum Gasteiger partial charge on any atom is -0.274 e. The molecule has 4 nitrogen and oxygen atoms in total. The second-order valence-electron chi connectivity index (χ2n) is 4.41. The first-order chi connectivity index (χ1) is 8.25. The van der Waals surface area contributed by atoms with Crippen LogP contribution in [0.2, 0.25) is 0 Å². The van der Waals surface area contributed by atoms with E-state index in [2.05, 4.69) is 28.9 Å². The molecule has 86 valence electrons. The number of nitrogens with zero attached hydrogens (tertiary/aromatic N) is 3. The number of rotatable bonds is 2. The molecule has 0 aliphatic heterocycles. The zero-order valence-corrected chi connectivity index (χ0v) is 9.88. The summed E-state index contributed by atoms with van der Waals surface area (Å²) in [6.07, 6.45) is 1.87. The normalized spacial score (nSPS) is 11.5. The first-order valence-corrected chi connectivity index (χ1v) is 5.74. The summed E-state index contributed by atoms with van der Waals surface area (Å²) in [5.74, 6) is 2.01. The van der Waals surface area contributed by atoms with Gasteiger partial charge in [0.05, 0.1) is 11.9 Å². The molecule has 3 rings (SSSR count). The minimum absolute atomic E-state index is 0.425. The lowest BCUT2D eigenvalue weighted by molar-refractivity contribution is 0.769. The van der Waals surface area contributed by atoms with Crippen molar-refractivity contribution in [1.82, 2.24) is 19.6 Å². The van der Waals surface area contributed by atoms with Crippen LogP contribution in [0.25, 0.3) is 17.2 Å². The first kappa shape index (κ1) is 10.1. The molecule has 0 bridgehead atoms. The third kappa shape index (κ3) is 1.62. The van der Waals surface area contributed by atoms with Gasteiger partial charge in [-0.15, -0.1) is 0 Å². The van der Waals surface area contributed by atoms with Crippen LogP contribution in [0.3, 0.4) is 0 Å². The van der Waals surface area contributed by atoms with Crippen LogP contribution in [0.5, 0.6) is 0 Å². The summed E-state index contributed by atoms with van der Waals surface area (Å²) < 4.78 is 1.95. The van der Waals surface area contributed by atoms with Crippen molar-refractivity contribution < 1.29 is 0 Å². The molecule has 4 heteroatoms. The van der Waals surface area contributed by atoms with E-state index < -0.39 is 0 Å². The monoisotopic (exact) mass is 226 g/mol. The quantitative estimate of drug-likeness (QED) is 0.730. The number of aromatic nitrogens is 4. The van der Waals surface area contributed by atoms with Gasteiger partial charge >= 0.3 is 0 Å². The van der Waals surface area contributed by atoms with E-state index in [0.717, 1.165) is 22.9 Å². The van der Waals surface area contributed by atoms with Crippen molar-refractivity contribution in [1.29, 1.82) is 0 Å². The molecule has 0 aliphatic carbocycles. The summed E-state index contributed by atoms with van der Waals surface area (Å²) in [5, 5.41) is 3.28. The molecule has 0 radical (unpaired) electrons. The second kappa shape index (κ2) is 3.73. The van der Waals surface area contributed by atoms with Gasteiger partial charge in [-0.05, 0) is 5.92 Å². The number of fused-ring (bicyclic) bond motifs is 1. The summed E-state index contributed by atoms with van der Waals surface area (Å²) in [4.78, 5) is 8.79. The predicted molar refractivity (Wildman–Crippen MR) is 66.9 cm³/mol. The molecule has 3 aromatic rings. The van der Waals surface area contributed by atoms with Gasteiger partial charge in [-0.3, -0.25) is 5.10 Å². The smallest absolute Gasteiger partial charge is 0.251 e. The van der Waals surface area contributed by atoms with E-state index in [9.17, 15) is 0 Å². The van der Waals surface area contributed by atoms with Crippen molar-refractivity contribution in [2.24, 2.45) is 0 Å². The van der Waals surface area contributed by atoms with Crippen molar-refractivity contribution in [2.75, 3.05) is 0 Å². The van der Waals surface area contributed by atoms with Gasteiger partial charge < -0.3 is 0 Å². The van der Waals surface area contributed by atoms with E-state index in [1.165, 1.54) is 0 Å². The highest BCUT2D eigenvalue weighted by Gasteiger charge is 2.11. The highest BCUT2D eigenvalue weighted by atomic mass is 15.3. The predicted octanol–water partition coefficient (Wildman–Crippen LogP) is 2.85. The molecule has 0 fully saturated rings. The SMILES string of the molecule is CC(C)c1cnc2nc(-c3ccccc3)[nH]n12. The average molecular weight is 226 g/mol. The molecule has 0 unspecified atom stereocenters. The van der Waals surface area contributed by atoms with Crippen LogP contribution < -0.4 is 0 Å². The Hall–Kier alpha value is -2.10. The van der Waals surface area contributed by atoms with Gasteiger partial charge in [-0.2, -0.15) is 4.98 Å². The lowest BCUT2D eigenvalue weighted by Gasteiger charge is -2.01. The van der Waals surface area contributed by atoms with Crippen molar-refractivity contribution in [3.63, 3.8) is 0 Å². The average Bonchev–Trinajstić information content (AvgIpc) is 2.88. The van der Waals surface area contributed by atoms with Gasteiger partial charge in [0.25, 0.3) is 5.78 Å². The van der Waals surface area contributed by atoms with Gasteiger partial charge in [0.15, 0.2) is 5.82 Å². The Morgan fingerprint density at radius 2 is 1.94 bits per heavy atom. The fourth-order valence-corrected chi connectivity index (χ4v) is 1.91. The molecular formula is C13H14N4. The molecule has 0 aliphatic rings. The highest BCUT2D eigenvalue weighted by Crippen LogP contribution is 2.19. The molecule has 0 saturated heterocycles. The molecule has 0 spiro atoms. The summed E-state index contributed by atoms with van der Waals surface area (Å²) in [5.41, 5.74) is 2.22. The standard InChI is InChI=1S/C13H14N4/c1-9(2)11-8-14-13-15-12(16-17(11)13)10-6-4-3-5-7-10/h3-9H,1-2H3,(H,14,15,16). The first-order valence-electron chi connectivity index (χ1n) is 5.74. The van der Waals surface area contributed by atoms with Gasteiger partial charge in [-0.1, -0.05) is 44.2 Å². The molecule has 17 heavy (non-hydrogen) atoms. The van der Waals surface area contributed by atoms with Crippen LogP contribution in [-0.4, -0.2) is 19.6 Å². The third-order valence-electron chi connectivity index (χ3n) is 2.84. The van der Waals surface area contributed by atoms with E-state index in [0.29, 0.717) is 5.92 Å². The molecule has 0 amide bonds. The maximum absolute atomic E-state index is 4.48.